The first-order valence-electron chi connectivity index (χ1n) is 3.80. The fraction of sp³-hybridized carbons (Fsp3) is 0.500. The van der Waals surface area contributed by atoms with Crippen LogP contribution in [0.3, 0.4) is 0 Å². The summed E-state index contributed by atoms with van der Waals surface area (Å²) in [5, 5.41) is 0. The minimum Gasteiger partial charge on any atom is -0.274 e. The van der Waals surface area contributed by atoms with Crippen LogP contribution in [-0.2, 0) is 9.59 Å². The summed E-state index contributed by atoms with van der Waals surface area (Å²) in [6.45, 7) is 4.36. The number of carbonyl (C=O) groups excluding carboxylic acids is 3. The molecule has 13 heavy (non-hydrogen) atoms. The van der Waals surface area contributed by atoms with Crippen LogP contribution in [-0.4, -0.2) is 29.0 Å². The van der Waals surface area contributed by atoms with Gasteiger partial charge < -0.3 is 0 Å². The molecule has 0 saturated heterocycles. The number of imide groups is 3. The van der Waals surface area contributed by atoms with E-state index in [4.69, 9.17) is 0 Å². The number of rotatable bonds is 0. The third-order valence-corrected chi connectivity index (χ3v) is 1.76. The molecular weight excluding hydrogens is 172 g/mol. The Morgan fingerprint density at radius 1 is 1.46 bits per heavy atom. The summed E-state index contributed by atoms with van der Waals surface area (Å²) in [5.41, 5.74) is -0.875. The first-order valence-corrected chi connectivity index (χ1v) is 3.80. The van der Waals surface area contributed by atoms with Crippen molar-refractivity contribution in [3.05, 3.63) is 0 Å². The molecule has 1 rings (SSSR count). The summed E-state index contributed by atoms with van der Waals surface area (Å²) in [6.07, 6.45) is 1.26. The normalized spacial score (nSPS) is 20.7. The first kappa shape index (κ1) is 9.57. The number of nitrogens with zero attached hydrogens (tertiary/aromatic N) is 2. The lowest BCUT2D eigenvalue weighted by Gasteiger charge is -2.27. The molecule has 0 aliphatic carbocycles. The lowest BCUT2D eigenvalue weighted by atomic mass is 9.92. The van der Waals surface area contributed by atoms with Crippen molar-refractivity contribution in [2.75, 3.05) is 0 Å². The average Bonchev–Trinajstić information content (AvgIpc) is 1.98. The molecule has 0 aromatic carbocycles. The fourth-order valence-corrected chi connectivity index (χ4v) is 0.982. The molecule has 0 saturated carbocycles. The van der Waals surface area contributed by atoms with Gasteiger partial charge in [0.05, 0.1) is 5.41 Å². The molecule has 1 heterocycles. The van der Waals surface area contributed by atoms with E-state index in [0.717, 1.165) is 6.92 Å². The van der Waals surface area contributed by atoms with E-state index < -0.39 is 23.3 Å². The lowest BCUT2D eigenvalue weighted by molar-refractivity contribution is -0.143. The zero-order valence-electron chi connectivity index (χ0n) is 7.70. The number of urea groups is 1. The molecule has 1 aliphatic rings. The standard InChI is InChI=1S/C8H10N2O3/c1-5(11)10-6(12)8(2,3)4-9-7(10)13/h4H,1-3H3. The molecule has 0 bridgehead atoms. The number of carbonyl (C=O) groups is 3. The van der Waals surface area contributed by atoms with Crippen molar-refractivity contribution in [1.29, 1.82) is 0 Å². The first-order chi connectivity index (χ1) is 5.86. The molecule has 5 heteroatoms. The topological polar surface area (TPSA) is 66.8 Å². The van der Waals surface area contributed by atoms with Crippen LogP contribution in [0, 0.1) is 5.41 Å². The maximum absolute atomic E-state index is 11.5. The number of amides is 4. The smallest absolute Gasteiger partial charge is 0.274 e. The summed E-state index contributed by atoms with van der Waals surface area (Å²) in [7, 11) is 0. The quantitative estimate of drug-likeness (QED) is 0.550. The van der Waals surface area contributed by atoms with Gasteiger partial charge in [-0.15, -0.1) is 0 Å². The molecule has 0 aromatic rings. The van der Waals surface area contributed by atoms with Crippen LogP contribution in [0.25, 0.3) is 0 Å². The number of hydrogen-bond acceptors (Lipinski definition) is 3. The molecular formula is C8H10N2O3. The summed E-state index contributed by atoms with van der Waals surface area (Å²) < 4.78 is 0. The second-order valence-corrected chi connectivity index (χ2v) is 3.42. The third kappa shape index (κ3) is 1.49. The van der Waals surface area contributed by atoms with E-state index in [9.17, 15) is 14.4 Å². The molecule has 5 nitrogen and oxygen atoms in total. The summed E-state index contributed by atoms with van der Waals surface area (Å²) in [6, 6.07) is -0.808. The van der Waals surface area contributed by atoms with Gasteiger partial charge in [0.1, 0.15) is 0 Å². The van der Waals surface area contributed by atoms with Crippen molar-refractivity contribution in [3.63, 3.8) is 0 Å². The van der Waals surface area contributed by atoms with Crippen molar-refractivity contribution in [2.24, 2.45) is 10.4 Å². The Morgan fingerprint density at radius 2 is 2.00 bits per heavy atom. The molecule has 4 amide bonds. The monoisotopic (exact) mass is 182 g/mol. The van der Waals surface area contributed by atoms with Crippen LogP contribution in [0.1, 0.15) is 20.8 Å². The van der Waals surface area contributed by atoms with E-state index >= 15 is 0 Å². The largest absolute Gasteiger partial charge is 0.356 e. The van der Waals surface area contributed by atoms with Gasteiger partial charge in [-0.3, -0.25) is 9.59 Å². The van der Waals surface area contributed by atoms with Crippen LogP contribution >= 0.6 is 0 Å². The van der Waals surface area contributed by atoms with Gasteiger partial charge in [0.25, 0.3) is 0 Å². The highest BCUT2D eigenvalue weighted by molar-refractivity contribution is 6.19. The Hall–Kier alpha value is -1.52. The van der Waals surface area contributed by atoms with Crippen molar-refractivity contribution in [1.82, 2.24) is 4.90 Å². The molecule has 0 unspecified atom stereocenters. The molecule has 0 aromatic heterocycles. The van der Waals surface area contributed by atoms with E-state index in [2.05, 4.69) is 4.99 Å². The Morgan fingerprint density at radius 3 is 2.38 bits per heavy atom. The molecule has 0 fully saturated rings. The van der Waals surface area contributed by atoms with E-state index in [1.54, 1.807) is 13.8 Å². The average molecular weight is 182 g/mol. The molecule has 0 spiro atoms. The van der Waals surface area contributed by atoms with Crippen molar-refractivity contribution in [2.45, 2.75) is 20.8 Å². The van der Waals surface area contributed by atoms with E-state index in [-0.39, 0.29) is 0 Å². The molecule has 70 valence electrons. The summed E-state index contributed by atoms with van der Waals surface area (Å²) in [5.74, 6) is -1.13. The van der Waals surface area contributed by atoms with Gasteiger partial charge in [-0.2, -0.15) is 4.90 Å². The van der Waals surface area contributed by atoms with Crippen molar-refractivity contribution in [3.8, 4) is 0 Å². The Balaban J connectivity index is 3.13. The Bertz CT molecular complexity index is 317. The molecule has 0 radical (unpaired) electrons. The van der Waals surface area contributed by atoms with Crippen LogP contribution in [0.15, 0.2) is 4.99 Å². The van der Waals surface area contributed by atoms with Gasteiger partial charge in [-0.05, 0) is 13.8 Å². The molecule has 1 aliphatic heterocycles. The second-order valence-electron chi connectivity index (χ2n) is 3.42. The Labute approximate surface area is 75.4 Å². The van der Waals surface area contributed by atoms with Crippen LogP contribution < -0.4 is 0 Å². The highest BCUT2D eigenvalue weighted by Gasteiger charge is 2.39. The van der Waals surface area contributed by atoms with Gasteiger partial charge in [-0.25, -0.2) is 9.79 Å². The van der Waals surface area contributed by atoms with Gasteiger partial charge in [0.15, 0.2) is 0 Å². The fourth-order valence-electron chi connectivity index (χ4n) is 0.982. The summed E-state index contributed by atoms with van der Waals surface area (Å²) in [4.78, 5) is 37.4. The highest BCUT2D eigenvalue weighted by atomic mass is 16.2. The molecule has 0 atom stereocenters. The summed E-state index contributed by atoms with van der Waals surface area (Å²) >= 11 is 0. The number of hydrogen-bond donors (Lipinski definition) is 0. The predicted molar refractivity (Wildman–Crippen MR) is 45.2 cm³/mol. The predicted octanol–water partition coefficient (Wildman–Crippen LogP) is 0.592. The van der Waals surface area contributed by atoms with Crippen LogP contribution in [0.2, 0.25) is 0 Å². The van der Waals surface area contributed by atoms with Crippen molar-refractivity contribution >= 4 is 24.1 Å². The number of aliphatic imine (C=N–C) groups is 1. The lowest BCUT2D eigenvalue weighted by Crippen LogP contribution is -2.49. The minimum atomic E-state index is -0.875. The zero-order chi connectivity index (χ0) is 10.2. The highest BCUT2D eigenvalue weighted by Crippen LogP contribution is 2.21. The van der Waals surface area contributed by atoms with Crippen LogP contribution in [0.5, 0.6) is 0 Å². The zero-order valence-corrected chi connectivity index (χ0v) is 7.70. The minimum absolute atomic E-state index is 0.528. The SMILES string of the molecule is CC(=O)N1C(=O)N=CC(C)(C)C1=O. The van der Waals surface area contributed by atoms with Gasteiger partial charge in [0.2, 0.25) is 11.8 Å². The van der Waals surface area contributed by atoms with E-state index in [1.807, 2.05) is 0 Å². The van der Waals surface area contributed by atoms with Crippen LogP contribution in [0.4, 0.5) is 4.79 Å². The van der Waals surface area contributed by atoms with Gasteiger partial charge in [0, 0.05) is 13.1 Å². The maximum atomic E-state index is 11.5. The third-order valence-electron chi connectivity index (χ3n) is 1.76. The maximum Gasteiger partial charge on any atom is 0.356 e. The Kier molecular flexibility index (Phi) is 2.03. The van der Waals surface area contributed by atoms with Gasteiger partial charge in [-0.1, -0.05) is 0 Å². The second kappa shape index (κ2) is 2.76. The van der Waals surface area contributed by atoms with Crippen molar-refractivity contribution < 1.29 is 14.4 Å². The van der Waals surface area contributed by atoms with E-state index in [1.165, 1.54) is 6.21 Å². The molecule has 0 N–H and O–H groups in total. The van der Waals surface area contributed by atoms with Gasteiger partial charge >= 0.3 is 6.03 Å². The van der Waals surface area contributed by atoms with E-state index in [0.29, 0.717) is 4.90 Å².